The lowest BCUT2D eigenvalue weighted by Gasteiger charge is -2.48. The van der Waals surface area contributed by atoms with E-state index in [1.54, 1.807) is 0 Å². The van der Waals surface area contributed by atoms with E-state index in [1.807, 2.05) is 0 Å². The topological polar surface area (TPSA) is 41.5 Å². The maximum Gasteiger partial charge on any atom is 0.0771 e. The molecule has 1 heterocycles. The van der Waals surface area contributed by atoms with Gasteiger partial charge in [0.25, 0.3) is 0 Å². The molecule has 1 atom stereocenters. The van der Waals surface area contributed by atoms with Crippen molar-refractivity contribution < 1.29 is 9.84 Å². The second kappa shape index (κ2) is 5.34. The van der Waals surface area contributed by atoms with Crippen molar-refractivity contribution in [1.29, 1.82) is 0 Å². The smallest absolute Gasteiger partial charge is 0.0771 e. The molecule has 3 heteroatoms. The van der Waals surface area contributed by atoms with E-state index in [-0.39, 0.29) is 5.60 Å². The molecule has 0 aromatic heterocycles. The number of nitrogens with one attached hydrogen (secondary N) is 1. The van der Waals surface area contributed by atoms with Gasteiger partial charge in [0.05, 0.1) is 11.2 Å². The van der Waals surface area contributed by atoms with E-state index in [1.165, 1.54) is 32.1 Å². The summed E-state index contributed by atoms with van der Waals surface area (Å²) in [5.41, 5.74) is -0.239. The van der Waals surface area contributed by atoms with Gasteiger partial charge in [-0.15, -0.1) is 0 Å². The first-order chi connectivity index (χ1) is 9.09. The standard InChI is InChI=1S/C16H29NO2/c1-13-3-8-15(18,9-4-13)12-17-14-5-10-19-16(11-14)6-2-7-16/h13-14,17-18H,2-12H2,1H3. The van der Waals surface area contributed by atoms with Crippen LogP contribution in [0.5, 0.6) is 0 Å². The SMILES string of the molecule is CC1CCC(O)(CNC2CCOC3(CCC3)C2)CC1. The van der Waals surface area contributed by atoms with Gasteiger partial charge in [-0.1, -0.05) is 6.92 Å². The molecule has 2 saturated carbocycles. The molecule has 0 aromatic carbocycles. The van der Waals surface area contributed by atoms with Gasteiger partial charge in [-0.2, -0.15) is 0 Å². The first kappa shape index (κ1) is 13.8. The zero-order chi connectivity index (χ0) is 13.3. The molecule has 3 aliphatic rings. The Morgan fingerprint density at radius 2 is 1.89 bits per heavy atom. The molecule has 0 aromatic rings. The average molecular weight is 267 g/mol. The van der Waals surface area contributed by atoms with E-state index >= 15 is 0 Å². The molecule has 1 saturated heterocycles. The zero-order valence-corrected chi connectivity index (χ0v) is 12.3. The summed E-state index contributed by atoms with van der Waals surface area (Å²) < 4.78 is 5.96. The van der Waals surface area contributed by atoms with Gasteiger partial charge >= 0.3 is 0 Å². The molecule has 1 aliphatic heterocycles. The number of aliphatic hydroxyl groups is 1. The Morgan fingerprint density at radius 3 is 2.53 bits per heavy atom. The van der Waals surface area contributed by atoms with Crippen LogP contribution >= 0.6 is 0 Å². The molecule has 2 N–H and O–H groups in total. The molecule has 1 unspecified atom stereocenters. The van der Waals surface area contributed by atoms with E-state index in [2.05, 4.69) is 12.2 Å². The minimum Gasteiger partial charge on any atom is -0.389 e. The summed E-state index contributed by atoms with van der Waals surface area (Å²) in [5, 5.41) is 14.3. The third-order valence-corrected chi connectivity index (χ3v) is 5.68. The lowest BCUT2D eigenvalue weighted by atomic mass is 9.73. The van der Waals surface area contributed by atoms with Gasteiger partial charge in [0.2, 0.25) is 0 Å². The lowest BCUT2D eigenvalue weighted by Crippen LogP contribution is -2.54. The van der Waals surface area contributed by atoms with Gasteiger partial charge in [-0.3, -0.25) is 0 Å². The van der Waals surface area contributed by atoms with E-state index < -0.39 is 5.60 Å². The predicted octanol–water partition coefficient (Wildman–Crippen LogP) is 2.62. The highest BCUT2D eigenvalue weighted by Gasteiger charge is 2.43. The maximum absolute atomic E-state index is 10.6. The average Bonchev–Trinajstić information content (AvgIpc) is 2.39. The number of hydrogen-bond acceptors (Lipinski definition) is 3. The van der Waals surface area contributed by atoms with E-state index in [0.29, 0.717) is 6.04 Å². The van der Waals surface area contributed by atoms with Crippen LogP contribution in [-0.4, -0.2) is 35.5 Å². The van der Waals surface area contributed by atoms with Crippen molar-refractivity contribution in [3.8, 4) is 0 Å². The molecule has 19 heavy (non-hydrogen) atoms. The number of rotatable bonds is 3. The molecule has 0 radical (unpaired) electrons. The fourth-order valence-electron chi connectivity index (χ4n) is 3.93. The van der Waals surface area contributed by atoms with Crippen LogP contribution < -0.4 is 5.32 Å². The van der Waals surface area contributed by atoms with Crippen molar-refractivity contribution in [2.24, 2.45) is 5.92 Å². The molecule has 0 bridgehead atoms. The summed E-state index contributed by atoms with van der Waals surface area (Å²) in [6, 6.07) is 0.553. The second-order valence-corrected chi connectivity index (χ2v) is 7.36. The summed E-state index contributed by atoms with van der Waals surface area (Å²) >= 11 is 0. The molecule has 3 fully saturated rings. The normalized spacial score (nSPS) is 42.0. The first-order valence-corrected chi connectivity index (χ1v) is 8.19. The summed E-state index contributed by atoms with van der Waals surface area (Å²) in [6.07, 6.45) is 10.4. The van der Waals surface area contributed by atoms with Crippen molar-refractivity contribution in [3.63, 3.8) is 0 Å². The fraction of sp³-hybridized carbons (Fsp3) is 1.00. The molecule has 3 nitrogen and oxygen atoms in total. The van der Waals surface area contributed by atoms with E-state index in [0.717, 1.165) is 44.8 Å². The van der Waals surface area contributed by atoms with Crippen molar-refractivity contribution in [1.82, 2.24) is 5.32 Å². The Labute approximate surface area is 117 Å². The zero-order valence-electron chi connectivity index (χ0n) is 12.3. The summed E-state index contributed by atoms with van der Waals surface area (Å²) in [6.45, 7) is 3.97. The predicted molar refractivity (Wildman–Crippen MR) is 76.1 cm³/mol. The van der Waals surface area contributed by atoms with Crippen molar-refractivity contribution >= 4 is 0 Å². The van der Waals surface area contributed by atoms with Crippen LogP contribution in [0.4, 0.5) is 0 Å². The Hall–Kier alpha value is -0.120. The molecule has 3 rings (SSSR count). The van der Waals surface area contributed by atoms with Crippen LogP contribution in [-0.2, 0) is 4.74 Å². The van der Waals surface area contributed by atoms with Crippen LogP contribution in [0, 0.1) is 5.92 Å². The third-order valence-electron chi connectivity index (χ3n) is 5.68. The highest BCUT2D eigenvalue weighted by Crippen LogP contribution is 2.42. The highest BCUT2D eigenvalue weighted by molar-refractivity contribution is 4.97. The van der Waals surface area contributed by atoms with Crippen LogP contribution in [0.2, 0.25) is 0 Å². The van der Waals surface area contributed by atoms with E-state index in [4.69, 9.17) is 4.74 Å². The van der Waals surface area contributed by atoms with Gasteiger partial charge in [0.15, 0.2) is 0 Å². The molecule has 1 spiro atoms. The van der Waals surface area contributed by atoms with Crippen LogP contribution in [0.3, 0.4) is 0 Å². The number of hydrogen-bond donors (Lipinski definition) is 2. The van der Waals surface area contributed by atoms with Gasteiger partial charge < -0.3 is 15.2 Å². The monoisotopic (exact) mass is 267 g/mol. The molecular formula is C16H29NO2. The van der Waals surface area contributed by atoms with Crippen LogP contribution in [0.1, 0.15) is 64.7 Å². The first-order valence-electron chi connectivity index (χ1n) is 8.19. The van der Waals surface area contributed by atoms with Gasteiger partial charge in [-0.25, -0.2) is 0 Å². The van der Waals surface area contributed by atoms with E-state index in [9.17, 15) is 5.11 Å². The van der Waals surface area contributed by atoms with Gasteiger partial charge in [0.1, 0.15) is 0 Å². The van der Waals surface area contributed by atoms with Crippen LogP contribution in [0.15, 0.2) is 0 Å². The lowest BCUT2D eigenvalue weighted by molar-refractivity contribution is -0.137. The molecule has 0 amide bonds. The van der Waals surface area contributed by atoms with Crippen molar-refractivity contribution in [3.05, 3.63) is 0 Å². The minimum absolute atomic E-state index is 0.208. The Morgan fingerprint density at radius 1 is 1.16 bits per heavy atom. The minimum atomic E-state index is -0.447. The summed E-state index contributed by atoms with van der Waals surface area (Å²) in [4.78, 5) is 0. The Bertz CT molecular complexity index is 306. The Kier molecular flexibility index (Phi) is 3.89. The molecular weight excluding hydrogens is 238 g/mol. The van der Waals surface area contributed by atoms with Crippen molar-refractivity contribution in [2.75, 3.05) is 13.2 Å². The summed E-state index contributed by atoms with van der Waals surface area (Å²) in [5.74, 6) is 0.793. The maximum atomic E-state index is 10.6. The second-order valence-electron chi connectivity index (χ2n) is 7.36. The third kappa shape index (κ3) is 3.14. The quantitative estimate of drug-likeness (QED) is 0.826. The fourth-order valence-corrected chi connectivity index (χ4v) is 3.93. The number of ether oxygens (including phenoxy) is 1. The molecule has 110 valence electrons. The van der Waals surface area contributed by atoms with Crippen LogP contribution in [0.25, 0.3) is 0 Å². The van der Waals surface area contributed by atoms with Crippen molar-refractivity contribution in [2.45, 2.75) is 82.0 Å². The summed E-state index contributed by atoms with van der Waals surface area (Å²) in [7, 11) is 0. The van der Waals surface area contributed by atoms with Gasteiger partial charge in [0, 0.05) is 19.2 Å². The largest absolute Gasteiger partial charge is 0.389 e. The Balaban J connectivity index is 1.46. The van der Waals surface area contributed by atoms with Gasteiger partial charge in [-0.05, 0) is 63.7 Å². The highest BCUT2D eigenvalue weighted by atomic mass is 16.5. The molecule has 2 aliphatic carbocycles.